The van der Waals surface area contributed by atoms with Crippen molar-refractivity contribution in [3.63, 3.8) is 0 Å². The van der Waals surface area contributed by atoms with Crippen molar-refractivity contribution in [2.24, 2.45) is 5.92 Å². The molecule has 1 aliphatic carbocycles. The Balaban J connectivity index is 1.71. The molecule has 4 nitrogen and oxygen atoms in total. The molecule has 3 rings (SSSR count). The third-order valence-electron chi connectivity index (χ3n) is 4.33. The molecule has 1 aromatic rings. The van der Waals surface area contributed by atoms with Gasteiger partial charge in [-0.3, -0.25) is 0 Å². The van der Waals surface area contributed by atoms with E-state index in [0.29, 0.717) is 15.9 Å². The van der Waals surface area contributed by atoms with Crippen LogP contribution in [0.4, 0.5) is 10.5 Å². The lowest BCUT2D eigenvalue weighted by molar-refractivity contribution is -0.00667. The van der Waals surface area contributed by atoms with Crippen molar-refractivity contribution in [2.75, 3.05) is 11.9 Å². The van der Waals surface area contributed by atoms with E-state index in [4.69, 9.17) is 16.3 Å². The Kier molecular flexibility index (Phi) is 2.86. The summed E-state index contributed by atoms with van der Waals surface area (Å²) >= 11 is 7.48. The highest BCUT2D eigenvalue weighted by Crippen LogP contribution is 2.57. The van der Waals surface area contributed by atoms with Gasteiger partial charge < -0.3 is 15.4 Å². The Bertz CT molecular complexity index is 523. The molecule has 1 saturated carbocycles. The van der Waals surface area contributed by atoms with E-state index >= 15 is 0 Å². The number of aryl methyl sites for hydroxylation is 1. The predicted octanol–water partition coefficient (Wildman–Crippen LogP) is 3.40. The van der Waals surface area contributed by atoms with Crippen LogP contribution >= 0.6 is 22.9 Å². The maximum absolute atomic E-state index is 12.2. The van der Waals surface area contributed by atoms with Crippen LogP contribution in [0, 0.1) is 12.8 Å². The lowest BCUT2D eigenvalue weighted by Crippen LogP contribution is -2.52. The summed E-state index contributed by atoms with van der Waals surface area (Å²) in [5, 5.41) is 7.86. The predicted molar refractivity (Wildman–Crippen MR) is 77.1 cm³/mol. The van der Waals surface area contributed by atoms with Crippen molar-refractivity contribution in [2.45, 2.75) is 38.3 Å². The van der Waals surface area contributed by atoms with Gasteiger partial charge in [0.25, 0.3) is 0 Å². The normalized spacial score (nSPS) is 30.8. The summed E-state index contributed by atoms with van der Waals surface area (Å²) in [5.41, 5.74) is 1.17. The Morgan fingerprint density at radius 2 is 2.32 bits per heavy atom. The van der Waals surface area contributed by atoms with Gasteiger partial charge in [0.05, 0.1) is 23.4 Å². The molecule has 0 bridgehead atoms. The molecule has 2 aliphatic rings. The van der Waals surface area contributed by atoms with Gasteiger partial charge in [0.2, 0.25) is 0 Å². The molecule has 0 aromatic carbocycles. The molecular formula is C13H17ClN2O2S. The maximum atomic E-state index is 12.2. The summed E-state index contributed by atoms with van der Waals surface area (Å²) in [6.45, 7) is 6.72. The fraction of sp³-hybridized carbons (Fsp3) is 0.615. The van der Waals surface area contributed by atoms with Crippen molar-refractivity contribution in [1.29, 1.82) is 0 Å². The number of rotatable bonds is 2. The fourth-order valence-corrected chi connectivity index (χ4v) is 3.98. The van der Waals surface area contributed by atoms with Gasteiger partial charge >= 0.3 is 6.03 Å². The van der Waals surface area contributed by atoms with Crippen molar-refractivity contribution in [3.05, 3.63) is 15.3 Å². The number of halogens is 1. The zero-order valence-corrected chi connectivity index (χ0v) is 12.7. The van der Waals surface area contributed by atoms with Gasteiger partial charge in [-0.15, -0.1) is 11.3 Å². The van der Waals surface area contributed by atoms with E-state index in [0.717, 1.165) is 18.6 Å². The summed E-state index contributed by atoms with van der Waals surface area (Å²) in [7, 11) is 0. The number of amides is 2. The molecule has 0 spiro atoms. The number of fused-ring (bicyclic) bond motifs is 1. The van der Waals surface area contributed by atoms with E-state index in [-0.39, 0.29) is 17.2 Å². The fourth-order valence-electron chi connectivity index (χ4n) is 2.92. The van der Waals surface area contributed by atoms with Crippen LogP contribution in [0.5, 0.6) is 0 Å². The smallest absolute Gasteiger partial charge is 0.319 e. The quantitative estimate of drug-likeness (QED) is 0.879. The van der Waals surface area contributed by atoms with Crippen LogP contribution in [0.15, 0.2) is 5.38 Å². The molecule has 2 unspecified atom stereocenters. The Hall–Kier alpha value is -0.780. The number of hydrogen-bond donors (Lipinski definition) is 2. The van der Waals surface area contributed by atoms with Crippen LogP contribution in [0.25, 0.3) is 0 Å². The molecule has 1 aromatic heterocycles. The number of urea groups is 1. The van der Waals surface area contributed by atoms with Gasteiger partial charge in [0.1, 0.15) is 4.34 Å². The number of thiophene rings is 1. The van der Waals surface area contributed by atoms with Gasteiger partial charge in [0, 0.05) is 5.92 Å². The Morgan fingerprint density at radius 3 is 2.79 bits per heavy atom. The topological polar surface area (TPSA) is 50.4 Å². The number of carbonyl (C=O) groups excluding carboxylic acids is 1. The van der Waals surface area contributed by atoms with Gasteiger partial charge in [-0.2, -0.15) is 0 Å². The second-order valence-corrected chi connectivity index (χ2v) is 7.32. The van der Waals surface area contributed by atoms with Crippen molar-refractivity contribution < 1.29 is 9.53 Å². The average molecular weight is 301 g/mol. The molecule has 104 valence electrons. The zero-order chi connectivity index (χ0) is 13.8. The summed E-state index contributed by atoms with van der Waals surface area (Å²) < 4.78 is 6.33. The molecule has 2 amide bonds. The number of hydrogen-bond acceptors (Lipinski definition) is 3. The standard InChI is InChI=1S/C13H17ClN2O2S/c1-7-6-19-10(14)9(7)15-11(17)16-13-4-8(13)5-18-12(13,2)3/h6,8H,4-5H2,1-3H3,(H2,15,16,17). The van der Waals surface area contributed by atoms with Crippen molar-refractivity contribution in [3.8, 4) is 0 Å². The number of ether oxygens (including phenoxy) is 1. The first-order valence-electron chi connectivity index (χ1n) is 6.32. The first-order chi connectivity index (χ1) is 8.86. The number of nitrogens with one attached hydrogen (secondary N) is 2. The van der Waals surface area contributed by atoms with E-state index < -0.39 is 0 Å². The van der Waals surface area contributed by atoms with Gasteiger partial charge in [-0.05, 0) is 38.1 Å². The lowest BCUT2D eigenvalue weighted by Gasteiger charge is -2.31. The Labute approximate surface area is 121 Å². The first kappa shape index (κ1) is 13.2. The molecule has 0 radical (unpaired) electrons. The molecule has 1 aliphatic heterocycles. The monoisotopic (exact) mass is 300 g/mol. The molecule has 2 N–H and O–H groups in total. The second-order valence-electron chi connectivity index (χ2n) is 5.84. The highest BCUT2D eigenvalue weighted by molar-refractivity contribution is 7.15. The van der Waals surface area contributed by atoms with Gasteiger partial charge in [-0.25, -0.2) is 4.79 Å². The van der Waals surface area contributed by atoms with Crippen LogP contribution < -0.4 is 10.6 Å². The highest BCUT2D eigenvalue weighted by atomic mass is 35.5. The van der Waals surface area contributed by atoms with Gasteiger partial charge in [0.15, 0.2) is 0 Å². The second kappa shape index (κ2) is 4.11. The minimum absolute atomic E-state index is 0.204. The van der Waals surface area contributed by atoms with E-state index in [1.54, 1.807) is 0 Å². The number of anilines is 1. The summed E-state index contributed by atoms with van der Waals surface area (Å²) in [6.07, 6.45) is 0.990. The van der Waals surface area contributed by atoms with Crippen LogP contribution in [0.1, 0.15) is 25.8 Å². The van der Waals surface area contributed by atoms with Crippen molar-refractivity contribution in [1.82, 2.24) is 5.32 Å². The maximum Gasteiger partial charge on any atom is 0.319 e. The minimum atomic E-state index is -0.303. The lowest BCUT2D eigenvalue weighted by atomic mass is 9.96. The van der Waals surface area contributed by atoms with Crippen LogP contribution in [0.3, 0.4) is 0 Å². The molecule has 2 heterocycles. The summed E-state index contributed by atoms with van der Waals surface area (Å²) in [4.78, 5) is 12.2. The van der Waals surface area contributed by atoms with E-state index in [9.17, 15) is 4.79 Å². The molecule has 2 atom stereocenters. The average Bonchev–Trinajstić information content (AvgIpc) is 2.89. The molecular weight excluding hydrogens is 284 g/mol. The van der Waals surface area contributed by atoms with Gasteiger partial charge in [-0.1, -0.05) is 11.6 Å². The van der Waals surface area contributed by atoms with Crippen LogP contribution in [-0.4, -0.2) is 23.8 Å². The van der Waals surface area contributed by atoms with Crippen LogP contribution in [-0.2, 0) is 4.74 Å². The zero-order valence-electron chi connectivity index (χ0n) is 11.2. The van der Waals surface area contributed by atoms with E-state index in [1.807, 2.05) is 26.2 Å². The molecule has 2 fully saturated rings. The molecule has 1 saturated heterocycles. The summed E-state index contributed by atoms with van der Waals surface area (Å²) in [5.74, 6) is 0.437. The third-order valence-corrected chi connectivity index (χ3v) is 5.67. The summed E-state index contributed by atoms with van der Waals surface area (Å²) in [6, 6.07) is -0.204. The largest absolute Gasteiger partial charge is 0.373 e. The van der Waals surface area contributed by atoms with Crippen molar-refractivity contribution >= 4 is 34.7 Å². The SMILES string of the molecule is Cc1csc(Cl)c1NC(=O)NC12CC1COC2(C)C. The minimum Gasteiger partial charge on any atom is -0.373 e. The van der Waals surface area contributed by atoms with E-state index in [2.05, 4.69) is 10.6 Å². The molecule has 19 heavy (non-hydrogen) atoms. The Morgan fingerprint density at radius 1 is 1.58 bits per heavy atom. The molecule has 6 heteroatoms. The number of carbonyl (C=O) groups is 1. The van der Waals surface area contributed by atoms with Crippen LogP contribution in [0.2, 0.25) is 4.34 Å². The first-order valence-corrected chi connectivity index (χ1v) is 7.58. The third kappa shape index (κ3) is 1.95. The highest BCUT2D eigenvalue weighted by Gasteiger charge is 2.69. The van der Waals surface area contributed by atoms with E-state index in [1.165, 1.54) is 11.3 Å².